The molecule has 0 heterocycles. The van der Waals surface area contributed by atoms with Crippen LogP contribution >= 0.6 is 0 Å². The van der Waals surface area contributed by atoms with Gasteiger partial charge in [0.1, 0.15) is 5.25 Å². The molecule has 5 heteroatoms. The smallest absolute Gasteiger partial charge is 0.270 e. The summed E-state index contributed by atoms with van der Waals surface area (Å²) in [6, 6.07) is 0. The van der Waals surface area contributed by atoms with Gasteiger partial charge in [-0.05, 0) is 5.92 Å². The number of ether oxygens (including phenoxy) is 1. The molecular weight excluding hydrogens is 192 g/mol. The summed E-state index contributed by atoms with van der Waals surface area (Å²) < 4.78 is 35.4. The monoisotopic (exact) mass is 208 g/mol. The topological polar surface area (TPSA) is 63.6 Å². The van der Waals surface area contributed by atoms with E-state index in [1.54, 1.807) is 13.8 Å². The van der Waals surface area contributed by atoms with E-state index in [4.69, 9.17) is 9.29 Å². The van der Waals surface area contributed by atoms with Crippen molar-refractivity contribution in [3.05, 3.63) is 12.7 Å². The van der Waals surface area contributed by atoms with Crippen LogP contribution in [0.1, 0.15) is 13.8 Å². The molecule has 0 bridgehead atoms. The summed E-state index contributed by atoms with van der Waals surface area (Å²) in [6.07, 6.45) is 1.53. The lowest BCUT2D eigenvalue weighted by Crippen LogP contribution is -2.31. The minimum atomic E-state index is -4.00. The average Bonchev–Trinajstić information content (AvgIpc) is 1.94. The Morgan fingerprint density at radius 2 is 2.08 bits per heavy atom. The molecule has 1 N–H and O–H groups in total. The van der Waals surface area contributed by atoms with Crippen LogP contribution in [0.4, 0.5) is 0 Å². The van der Waals surface area contributed by atoms with Gasteiger partial charge < -0.3 is 4.74 Å². The van der Waals surface area contributed by atoms with Gasteiger partial charge in [0, 0.05) is 0 Å². The number of hydrogen-bond donors (Lipinski definition) is 1. The Bertz CT molecular complexity index is 243. The summed E-state index contributed by atoms with van der Waals surface area (Å²) in [5.41, 5.74) is 0. The van der Waals surface area contributed by atoms with Crippen molar-refractivity contribution in [2.24, 2.45) is 5.92 Å². The van der Waals surface area contributed by atoms with E-state index in [0.29, 0.717) is 6.61 Å². The third-order valence-corrected chi connectivity index (χ3v) is 3.09. The highest BCUT2D eigenvalue weighted by molar-refractivity contribution is 7.86. The normalized spacial score (nSPS) is 14.5. The van der Waals surface area contributed by atoms with Crippen molar-refractivity contribution < 1.29 is 17.7 Å². The molecule has 1 unspecified atom stereocenters. The first-order valence-corrected chi connectivity index (χ1v) is 5.54. The van der Waals surface area contributed by atoms with E-state index >= 15 is 0 Å². The van der Waals surface area contributed by atoms with E-state index in [0.717, 1.165) is 0 Å². The van der Waals surface area contributed by atoms with Crippen molar-refractivity contribution in [1.82, 2.24) is 0 Å². The molecule has 0 amide bonds. The molecule has 0 spiro atoms. The first-order chi connectivity index (χ1) is 5.89. The minimum absolute atomic E-state index is 0.00250. The Kier molecular flexibility index (Phi) is 5.20. The van der Waals surface area contributed by atoms with Crippen molar-refractivity contribution in [1.29, 1.82) is 0 Å². The highest BCUT2D eigenvalue weighted by atomic mass is 32.2. The van der Waals surface area contributed by atoms with Gasteiger partial charge in [-0.15, -0.1) is 6.58 Å². The standard InChI is InChI=1S/C8H16O4S/c1-4-5-12-6-8(7(2)3)13(9,10)11/h4,7-8H,1,5-6H2,2-3H3,(H,9,10,11). The van der Waals surface area contributed by atoms with Crippen LogP contribution in [0.3, 0.4) is 0 Å². The van der Waals surface area contributed by atoms with Crippen LogP contribution in [0.15, 0.2) is 12.7 Å². The Morgan fingerprint density at radius 3 is 2.38 bits per heavy atom. The van der Waals surface area contributed by atoms with Gasteiger partial charge >= 0.3 is 0 Å². The minimum Gasteiger partial charge on any atom is -0.376 e. The molecule has 0 aliphatic heterocycles. The van der Waals surface area contributed by atoms with Gasteiger partial charge in [0.05, 0.1) is 13.2 Å². The summed E-state index contributed by atoms with van der Waals surface area (Å²) in [5, 5.41) is -0.854. The molecule has 0 aliphatic carbocycles. The van der Waals surface area contributed by atoms with Crippen molar-refractivity contribution >= 4 is 10.1 Å². The Hall–Kier alpha value is -0.390. The predicted octanol–water partition coefficient (Wildman–Crippen LogP) is 1.10. The molecular formula is C8H16O4S. The van der Waals surface area contributed by atoms with Gasteiger partial charge in [-0.25, -0.2) is 0 Å². The lowest BCUT2D eigenvalue weighted by Gasteiger charge is -2.16. The quantitative estimate of drug-likeness (QED) is 0.403. The lowest BCUT2D eigenvalue weighted by molar-refractivity contribution is 0.149. The molecule has 0 aliphatic rings. The third-order valence-electron chi connectivity index (χ3n) is 1.64. The maximum absolute atomic E-state index is 10.8. The van der Waals surface area contributed by atoms with Gasteiger partial charge in [0.15, 0.2) is 0 Å². The van der Waals surface area contributed by atoms with Crippen molar-refractivity contribution in [3.8, 4) is 0 Å². The fourth-order valence-electron chi connectivity index (χ4n) is 0.890. The molecule has 0 saturated carbocycles. The van der Waals surface area contributed by atoms with E-state index in [1.807, 2.05) is 0 Å². The molecule has 0 aromatic rings. The van der Waals surface area contributed by atoms with Crippen molar-refractivity contribution in [3.63, 3.8) is 0 Å². The second kappa shape index (κ2) is 5.36. The van der Waals surface area contributed by atoms with Gasteiger partial charge in [-0.3, -0.25) is 4.55 Å². The second-order valence-electron chi connectivity index (χ2n) is 3.12. The predicted molar refractivity (Wildman–Crippen MR) is 51.2 cm³/mol. The maximum atomic E-state index is 10.8. The third kappa shape index (κ3) is 5.02. The van der Waals surface area contributed by atoms with Crippen LogP contribution < -0.4 is 0 Å². The van der Waals surface area contributed by atoms with Crippen LogP contribution in [0.5, 0.6) is 0 Å². The highest BCUT2D eigenvalue weighted by Crippen LogP contribution is 2.11. The first-order valence-electron chi connectivity index (χ1n) is 4.04. The van der Waals surface area contributed by atoms with E-state index in [1.165, 1.54) is 6.08 Å². The molecule has 0 rings (SSSR count). The van der Waals surface area contributed by atoms with Crippen LogP contribution in [0.2, 0.25) is 0 Å². The van der Waals surface area contributed by atoms with Crippen LogP contribution in [-0.2, 0) is 14.9 Å². The van der Waals surface area contributed by atoms with Crippen LogP contribution in [-0.4, -0.2) is 31.4 Å². The van der Waals surface area contributed by atoms with E-state index in [-0.39, 0.29) is 12.5 Å². The molecule has 78 valence electrons. The zero-order chi connectivity index (χ0) is 10.5. The Balaban J connectivity index is 4.20. The van der Waals surface area contributed by atoms with Gasteiger partial charge in [-0.2, -0.15) is 8.42 Å². The molecule has 4 nitrogen and oxygen atoms in total. The fourth-order valence-corrected chi connectivity index (χ4v) is 1.85. The molecule has 0 aromatic heterocycles. The summed E-state index contributed by atoms with van der Waals surface area (Å²) in [7, 11) is -4.00. The van der Waals surface area contributed by atoms with Crippen molar-refractivity contribution in [2.45, 2.75) is 19.1 Å². The number of rotatable bonds is 6. The van der Waals surface area contributed by atoms with Gasteiger partial charge in [0.25, 0.3) is 10.1 Å². The highest BCUT2D eigenvalue weighted by Gasteiger charge is 2.26. The van der Waals surface area contributed by atoms with Gasteiger partial charge in [0.2, 0.25) is 0 Å². The fraction of sp³-hybridized carbons (Fsp3) is 0.750. The zero-order valence-electron chi connectivity index (χ0n) is 7.93. The summed E-state index contributed by atoms with van der Waals surface area (Å²) in [5.74, 6) is -0.167. The largest absolute Gasteiger partial charge is 0.376 e. The molecule has 0 fully saturated rings. The molecule has 13 heavy (non-hydrogen) atoms. The van der Waals surface area contributed by atoms with E-state index in [2.05, 4.69) is 6.58 Å². The first kappa shape index (κ1) is 12.6. The Labute approximate surface area is 79.3 Å². The molecule has 0 saturated heterocycles. The van der Waals surface area contributed by atoms with E-state index in [9.17, 15) is 8.42 Å². The SMILES string of the molecule is C=CCOCC(C(C)C)S(=O)(=O)O. The summed E-state index contributed by atoms with van der Waals surface area (Å²) in [4.78, 5) is 0. The van der Waals surface area contributed by atoms with E-state index < -0.39 is 15.4 Å². The second-order valence-corrected chi connectivity index (χ2v) is 4.76. The van der Waals surface area contributed by atoms with Crippen LogP contribution in [0, 0.1) is 5.92 Å². The molecule has 1 atom stereocenters. The molecule has 0 radical (unpaired) electrons. The number of hydrogen-bond acceptors (Lipinski definition) is 3. The van der Waals surface area contributed by atoms with Gasteiger partial charge in [-0.1, -0.05) is 19.9 Å². The van der Waals surface area contributed by atoms with Crippen molar-refractivity contribution in [2.75, 3.05) is 13.2 Å². The lowest BCUT2D eigenvalue weighted by atomic mass is 10.1. The summed E-state index contributed by atoms with van der Waals surface area (Å²) >= 11 is 0. The average molecular weight is 208 g/mol. The zero-order valence-corrected chi connectivity index (χ0v) is 8.75. The summed E-state index contributed by atoms with van der Waals surface area (Å²) in [6.45, 7) is 7.16. The Morgan fingerprint density at radius 1 is 1.54 bits per heavy atom. The molecule has 0 aromatic carbocycles. The van der Waals surface area contributed by atoms with Crippen LogP contribution in [0.25, 0.3) is 0 Å². The maximum Gasteiger partial charge on any atom is 0.270 e.